The Labute approximate surface area is 125 Å². The van der Waals surface area contributed by atoms with Crippen molar-refractivity contribution in [1.82, 2.24) is 4.98 Å². The van der Waals surface area contributed by atoms with Gasteiger partial charge in [-0.05, 0) is 49.3 Å². The molecule has 3 nitrogen and oxygen atoms in total. The van der Waals surface area contributed by atoms with Crippen molar-refractivity contribution in [3.63, 3.8) is 0 Å². The fraction of sp³-hybridized carbons (Fsp3) is 0.500. The quantitative estimate of drug-likeness (QED) is 0.916. The highest BCUT2D eigenvalue weighted by molar-refractivity contribution is 5.84. The number of anilines is 1. The second kappa shape index (κ2) is 5.30. The number of fused-ring (bicyclic) bond motifs is 2. The normalized spacial score (nSPS) is 25.3. The first-order chi connectivity index (χ1) is 10.4. The predicted octanol–water partition coefficient (Wildman–Crippen LogP) is 3.50. The number of pyridine rings is 1. The van der Waals surface area contributed by atoms with Crippen LogP contribution in [-0.2, 0) is 6.61 Å². The Morgan fingerprint density at radius 3 is 2.90 bits per heavy atom. The number of aliphatic hydroxyl groups is 1. The molecule has 110 valence electrons. The number of benzene rings is 1. The van der Waals surface area contributed by atoms with Gasteiger partial charge in [-0.1, -0.05) is 24.6 Å². The fourth-order valence-corrected chi connectivity index (χ4v) is 4.25. The standard InChI is InChI=1S/C18H22N2O/c21-12-14-11-18(19-16-8-2-1-7-15(14)16)20-10-4-6-13-5-3-9-17(13)20/h1-2,7-8,11,13,17,21H,3-6,9-10,12H2. The van der Waals surface area contributed by atoms with Crippen LogP contribution in [0.3, 0.4) is 0 Å². The minimum absolute atomic E-state index is 0.0813. The Morgan fingerprint density at radius 2 is 2.00 bits per heavy atom. The van der Waals surface area contributed by atoms with Crippen LogP contribution in [0.1, 0.15) is 37.7 Å². The summed E-state index contributed by atoms with van der Waals surface area (Å²) in [5.41, 5.74) is 2.00. The number of hydrogen-bond donors (Lipinski definition) is 1. The highest BCUT2D eigenvalue weighted by Gasteiger charge is 2.35. The molecule has 4 rings (SSSR count). The predicted molar refractivity (Wildman–Crippen MR) is 85.4 cm³/mol. The van der Waals surface area contributed by atoms with Crippen LogP contribution in [0.2, 0.25) is 0 Å². The molecule has 2 unspecified atom stereocenters. The average molecular weight is 282 g/mol. The summed E-state index contributed by atoms with van der Waals surface area (Å²) in [6, 6.07) is 10.9. The monoisotopic (exact) mass is 282 g/mol. The Morgan fingerprint density at radius 1 is 1.14 bits per heavy atom. The van der Waals surface area contributed by atoms with Crippen molar-refractivity contribution in [2.45, 2.75) is 44.8 Å². The maximum atomic E-state index is 9.70. The smallest absolute Gasteiger partial charge is 0.129 e. The van der Waals surface area contributed by atoms with Crippen molar-refractivity contribution in [3.8, 4) is 0 Å². The molecule has 0 radical (unpaired) electrons. The molecule has 0 amide bonds. The maximum Gasteiger partial charge on any atom is 0.129 e. The molecule has 1 saturated carbocycles. The first-order valence-corrected chi connectivity index (χ1v) is 8.13. The fourth-order valence-electron chi connectivity index (χ4n) is 4.25. The van der Waals surface area contributed by atoms with Crippen LogP contribution in [-0.4, -0.2) is 22.7 Å². The lowest BCUT2D eigenvalue weighted by atomic mass is 9.92. The van der Waals surface area contributed by atoms with E-state index >= 15 is 0 Å². The molecule has 2 aromatic rings. The van der Waals surface area contributed by atoms with E-state index in [1.807, 2.05) is 24.3 Å². The molecule has 2 fully saturated rings. The lowest BCUT2D eigenvalue weighted by Gasteiger charge is -2.39. The van der Waals surface area contributed by atoms with Crippen LogP contribution >= 0.6 is 0 Å². The Bertz CT molecular complexity index is 655. The van der Waals surface area contributed by atoms with Crippen molar-refractivity contribution < 1.29 is 5.11 Å². The van der Waals surface area contributed by atoms with E-state index in [9.17, 15) is 5.11 Å². The van der Waals surface area contributed by atoms with Gasteiger partial charge in [0.2, 0.25) is 0 Å². The Kier molecular flexibility index (Phi) is 3.30. The van der Waals surface area contributed by atoms with E-state index in [-0.39, 0.29) is 6.61 Å². The van der Waals surface area contributed by atoms with Crippen molar-refractivity contribution in [1.29, 1.82) is 0 Å². The molecular weight excluding hydrogens is 260 g/mol. The van der Waals surface area contributed by atoms with Crippen LogP contribution in [0.5, 0.6) is 0 Å². The minimum atomic E-state index is 0.0813. The molecule has 1 aromatic heterocycles. The first-order valence-electron chi connectivity index (χ1n) is 8.13. The van der Waals surface area contributed by atoms with E-state index in [2.05, 4.69) is 11.0 Å². The van der Waals surface area contributed by atoms with Crippen LogP contribution in [0.15, 0.2) is 30.3 Å². The average Bonchev–Trinajstić information content (AvgIpc) is 3.02. The Hall–Kier alpha value is -1.61. The van der Waals surface area contributed by atoms with Gasteiger partial charge in [-0.2, -0.15) is 0 Å². The molecule has 3 heteroatoms. The lowest BCUT2D eigenvalue weighted by Crippen LogP contribution is -2.43. The second-order valence-corrected chi connectivity index (χ2v) is 6.41. The van der Waals surface area contributed by atoms with Crippen LogP contribution in [0, 0.1) is 5.92 Å². The molecule has 1 aliphatic heterocycles. The molecule has 2 atom stereocenters. The zero-order valence-corrected chi connectivity index (χ0v) is 12.3. The number of rotatable bonds is 2. The van der Waals surface area contributed by atoms with Gasteiger partial charge in [0.05, 0.1) is 12.1 Å². The second-order valence-electron chi connectivity index (χ2n) is 6.41. The molecule has 1 aromatic carbocycles. The van der Waals surface area contributed by atoms with Crippen LogP contribution in [0.4, 0.5) is 5.82 Å². The minimum Gasteiger partial charge on any atom is -0.392 e. The summed E-state index contributed by atoms with van der Waals surface area (Å²) in [5.74, 6) is 1.92. The van der Waals surface area contributed by atoms with Gasteiger partial charge in [0.1, 0.15) is 5.82 Å². The zero-order chi connectivity index (χ0) is 14.2. The van der Waals surface area contributed by atoms with Crippen molar-refractivity contribution in [2.75, 3.05) is 11.4 Å². The summed E-state index contributed by atoms with van der Waals surface area (Å²) in [7, 11) is 0. The molecule has 1 aliphatic carbocycles. The summed E-state index contributed by atoms with van der Waals surface area (Å²) in [6.45, 7) is 1.19. The van der Waals surface area contributed by atoms with Gasteiger partial charge in [-0.15, -0.1) is 0 Å². The molecular formula is C18H22N2O. The summed E-state index contributed by atoms with van der Waals surface area (Å²) >= 11 is 0. The van der Waals surface area contributed by atoms with Crippen LogP contribution in [0.25, 0.3) is 10.9 Å². The molecule has 21 heavy (non-hydrogen) atoms. The third-order valence-corrected chi connectivity index (χ3v) is 5.25. The molecule has 2 heterocycles. The van der Waals surface area contributed by atoms with Gasteiger partial charge in [0.25, 0.3) is 0 Å². The molecule has 1 saturated heterocycles. The van der Waals surface area contributed by atoms with Gasteiger partial charge < -0.3 is 10.0 Å². The van der Waals surface area contributed by atoms with E-state index in [1.165, 1.54) is 32.1 Å². The van der Waals surface area contributed by atoms with Crippen LogP contribution < -0.4 is 4.90 Å². The summed E-state index contributed by atoms with van der Waals surface area (Å²) in [6.07, 6.45) is 6.67. The zero-order valence-electron chi connectivity index (χ0n) is 12.3. The topological polar surface area (TPSA) is 36.4 Å². The third kappa shape index (κ3) is 2.20. The number of piperidine rings is 1. The first kappa shape index (κ1) is 13.1. The van der Waals surface area contributed by atoms with E-state index in [4.69, 9.17) is 4.98 Å². The van der Waals surface area contributed by atoms with Gasteiger partial charge in [0.15, 0.2) is 0 Å². The number of para-hydroxylation sites is 1. The van der Waals surface area contributed by atoms with Crippen molar-refractivity contribution in [2.24, 2.45) is 5.92 Å². The molecule has 0 spiro atoms. The van der Waals surface area contributed by atoms with E-state index < -0.39 is 0 Å². The SMILES string of the molecule is OCc1cc(N2CCCC3CCCC32)nc2ccccc12. The van der Waals surface area contributed by atoms with E-state index in [0.29, 0.717) is 6.04 Å². The highest BCUT2D eigenvalue weighted by atomic mass is 16.3. The number of aliphatic hydroxyl groups excluding tert-OH is 1. The summed E-state index contributed by atoms with van der Waals surface area (Å²) < 4.78 is 0. The van der Waals surface area contributed by atoms with Crippen molar-refractivity contribution >= 4 is 16.7 Å². The van der Waals surface area contributed by atoms with Gasteiger partial charge in [0, 0.05) is 18.0 Å². The van der Waals surface area contributed by atoms with Gasteiger partial charge in [-0.3, -0.25) is 0 Å². The molecule has 2 aliphatic rings. The summed E-state index contributed by atoms with van der Waals surface area (Å²) in [5, 5.41) is 10.8. The highest BCUT2D eigenvalue weighted by Crippen LogP contribution is 2.39. The Balaban J connectivity index is 1.79. The third-order valence-electron chi connectivity index (χ3n) is 5.25. The van der Waals surface area contributed by atoms with Gasteiger partial charge in [-0.25, -0.2) is 4.98 Å². The lowest BCUT2D eigenvalue weighted by molar-refractivity contribution is 0.283. The molecule has 1 N–H and O–H groups in total. The molecule has 0 bridgehead atoms. The number of nitrogens with zero attached hydrogens (tertiary/aromatic N) is 2. The van der Waals surface area contributed by atoms with Gasteiger partial charge >= 0.3 is 0 Å². The largest absolute Gasteiger partial charge is 0.392 e. The van der Waals surface area contributed by atoms with E-state index in [1.54, 1.807) is 0 Å². The maximum absolute atomic E-state index is 9.70. The number of aromatic nitrogens is 1. The van der Waals surface area contributed by atoms with Crippen molar-refractivity contribution in [3.05, 3.63) is 35.9 Å². The van der Waals surface area contributed by atoms with E-state index in [0.717, 1.165) is 34.7 Å². The number of hydrogen-bond acceptors (Lipinski definition) is 3. The summed E-state index contributed by atoms with van der Waals surface area (Å²) in [4.78, 5) is 7.39.